The summed E-state index contributed by atoms with van der Waals surface area (Å²) in [6.07, 6.45) is 3.02. The molecule has 2 rings (SSSR count). The molecule has 1 aromatic carbocycles. The van der Waals surface area contributed by atoms with Crippen molar-refractivity contribution in [1.29, 1.82) is 0 Å². The maximum atomic E-state index is 9.84. The summed E-state index contributed by atoms with van der Waals surface area (Å²) in [5.74, 6) is 0.780. The zero-order valence-electron chi connectivity index (χ0n) is 11.6. The van der Waals surface area contributed by atoms with Crippen LogP contribution in [-0.2, 0) is 6.54 Å². The van der Waals surface area contributed by atoms with E-state index in [1.54, 1.807) is 6.20 Å². The third-order valence-electron chi connectivity index (χ3n) is 2.90. The Kier molecular flexibility index (Phi) is 5.53. The monoisotopic (exact) mass is 272 g/mol. The summed E-state index contributed by atoms with van der Waals surface area (Å²) >= 11 is 0. The molecular formula is C16H20N2O2. The Balaban J connectivity index is 1.65. The number of aliphatic hydroxyl groups excluding tert-OH is 1. The molecule has 2 aromatic rings. The number of hydrogen-bond donors (Lipinski definition) is 2. The third-order valence-corrected chi connectivity index (χ3v) is 2.90. The molecular weight excluding hydrogens is 252 g/mol. The minimum absolute atomic E-state index is 0.281. The van der Waals surface area contributed by atoms with Gasteiger partial charge in [-0.1, -0.05) is 23.8 Å². The van der Waals surface area contributed by atoms with E-state index in [0.717, 1.165) is 11.3 Å². The molecule has 106 valence electrons. The van der Waals surface area contributed by atoms with Gasteiger partial charge in [0.25, 0.3) is 0 Å². The fraction of sp³-hybridized carbons (Fsp3) is 0.312. The van der Waals surface area contributed by atoms with Crippen molar-refractivity contribution >= 4 is 0 Å². The molecule has 0 bridgehead atoms. The predicted octanol–water partition coefficient (Wildman–Crippen LogP) is 1.92. The number of rotatable bonds is 7. The highest BCUT2D eigenvalue weighted by atomic mass is 16.5. The number of ether oxygens (including phenoxy) is 1. The molecule has 0 aliphatic heterocycles. The van der Waals surface area contributed by atoms with Gasteiger partial charge in [0.1, 0.15) is 18.5 Å². The summed E-state index contributed by atoms with van der Waals surface area (Å²) in [5, 5.41) is 13.0. The van der Waals surface area contributed by atoms with E-state index < -0.39 is 6.10 Å². The van der Waals surface area contributed by atoms with Crippen LogP contribution < -0.4 is 10.1 Å². The quantitative estimate of drug-likeness (QED) is 0.808. The van der Waals surface area contributed by atoms with Crippen LogP contribution in [0.2, 0.25) is 0 Å². The molecule has 1 aromatic heterocycles. The van der Waals surface area contributed by atoms with Crippen LogP contribution in [0.3, 0.4) is 0 Å². The smallest absolute Gasteiger partial charge is 0.119 e. The second-order valence-electron chi connectivity index (χ2n) is 4.77. The van der Waals surface area contributed by atoms with Crippen molar-refractivity contribution in [3.63, 3.8) is 0 Å². The van der Waals surface area contributed by atoms with Crippen LogP contribution in [0.4, 0.5) is 0 Å². The van der Waals surface area contributed by atoms with Gasteiger partial charge in [-0.05, 0) is 30.7 Å². The molecule has 1 atom stereocenters. The normalized spacial score (nSPS) is 12.1. The second-order valence-corrected chi connectivity index (χ2v) is 4.77. The van der Waals surface area contributed by atoms with Gasteiger partial charge >= 0.3 is 0 Å². The topological polar surface area (TPSA) is 54.4 Å². The molecule has 0 spiro atoms. The highest BCUT2D eigenvalue weighted by Gasteiger charge is 2.05. The SMILES string of the molecule is Cc1ccc(OCC(O)CNCc2cccnc2)cc1. The largest absolute Gasteiger partial charge is 0.491 e. The van der Waals surface area contributed by atoms with Crippen molar-refractivity contribution in [1.82, 2.24) is 10.3 Å². The number of benzene rings is 1. The minimum Gasteiger partial charge on any atom is -0.491 e. The van der Waals surface area contributed by atoms with E-state index in [2.05, 4.69) is 10.3 Å². The standard InChI is InChI=1S/C16H20N2O2/c1-13-4-6-16(7-5-13)20-12-15(19)11-18-10-14-3-2-8-17-9-14/h2-9,15,18-19H,10-12H2,1H3. The van der Waals surface area contributed by atoms with Gasteiger partial charge in [0, 0.05) is 25.5 Å². The first-order chi connectivity index (χ1) is 9.74. The summed E-state index contributed by atoms with van der Waals surface area (Å²) in [7, 11) is 0. The zero-order chi connectivity index (χ0) is 14.2. The Morgan fingerprint density at radius 2 is 2.05 bits per heavy atom. The van der Waals surface area contributed by atoms with Crippen LogP contribution in [0.15, 0.2) is 48.8 Å². The Labute approximate surface area is 119 Å². The van der Waals surface area contributed by atoms with Gasteiger partial charge < -0.3 is 15.2 Å². The lowest BCUT2D eigenvalue weighted by atomic mass is 10.2. The van der Waals surface area contributed by atoms with E-state index >= 15 is 0 Å². The zero-order valence-corrected chi connectivity index (χ0v) is 11.6. The van der Waals surface area contributed by atoms with Crippen LogP contribution >= 0.6 is 0 Å². The number of aryl methyl sites for hydroxylation is 1. The molecule has 0 aliphatic rings. The van der Waals surface area contributed by atoms with Crippen molar-refractivity contribution in [3.8, 4) is 5.75 Å². The van der Waals surface area contributed by atoms with Crippen molar-refractivity contribution < 1.29 is 9.84 Å². The Bertz CT molecular complexity index is 500. The maximum Gasteiger partial charge on any atom is 0.119 e. The van der Waals surface area contributed by atoms with Crippen molar-refractivity contribution in [2.24, 2.45) is 0 Å². The Morgan fingerprint density at radius 3 is 2.75 bits per heavy atom. The number of aliphatic hydroxyl groups is 1. The van der Waals surface area contributed by atoms with Gasteiger partial charge in [0.2, 0.25) is 0 Å². The molecule has 4 heteroatoms. The highest BCUT2D eigenvalue weighted by molar-refractivity contribution is 5.26. The van der Waals surface area contributed by atoms with Crippen molar-refractivity contribution in [3.05, 3.63) is 59.9 Å². The third kappa shape index (κ3) is 4.99. The summed E-state index contributed by atoms with van der Waals surface area (Å²) in [6, 6.07) is 11.7. The van der Waals surface area contributed by atoms with Gasteiger partial charge in [0.05, 0.1) is 0 Å². The molecule has 20 heavy (non-hydrogen) atoms. The summed E-state index contributed by atoms with van der Waals surface area (Å²) in [4.78, 5) is 4.04. The molecule has 2 N–H and O–H groups in total. The van der Waals surface area contributed by atoms with Crippen LogP contribution in [0.25, 0.3) is 0 Å². The van der Waals surface area contributed by atoms with Crippen molar-refractivity contribution in [2.75, 3.05) is 13.2 Å². The highest BCUT2D eigenvalue weighted by Crippen LogP contribution is 2.11. The number of nitrogens with one attached hydrogen (secondary N) is 1. The number of aromatic nitrogens is 1. The van der Waals surface area contributed by atoms with E-state index in [1.807, 2.05) is 49.5 Å². The van der Waals surface area contributed by atoms with Crippen LogP contribution in [0.5, 0.6) is 5.75 Å². The summed E-state index contributed by atoms with van der Waals surface area (Å²) < 4.78 is 5.52. The Hall–Kier alpha value is -1.91. The lowest BCUT2D eigenvalue weighted by molar-refractivity contribution is 0.106. The van der Waals surface area contributed by atoms with E-state index in [1.165, 1.54) is 5.56 Å². The molecule has 1 heterocycles. The lowest BCUT2D eigenvalue weighted by Crippen LogP contribution is -2.31. The summed E-state index contributed by atoms with van der Waals surface area (Å²) in [5.41, 5.74) is 2.29. The van der Waals surface area contributed by atoms with Crippen LogP contribution in [0, 0.1) is 6.92 Å². The fourth-order valence-corrected chi connectivity index (χ4v) is 1.77. The number of hydrogen-bond acceptors (Lipinski definition) is 4. The Morgan fingerprint density at radius 1 is 1.25 bits per heavy atom. The fourth-order valence-electron chi connectivity index (χ4n) is 1.77. The van der Waals surface area contributed by atoms with Gasteiger partial charge in [-0.2, -0.15) is 0 Å². The maximum absolute atomic E-state index is 9.84. The lowest BCUT2D eigenvalue weighted by Gasteiger charge is -2.13. The molecule has 1 unspecified atom stereocenters. The second kappa shape index (κ2) is 7.62. The molecule has 0 saturated heterocycles. The molecule has 0 radical (unpaired) electrons. The molecule has 0 aliphatic carbocycles. The molecule has 0 amide bonds. The van der Waals surface area contributed by atoms with Gasteiger partial charge in [-0.15, -0.1) is 0 Å². The summed E-state index contributed by atoms with van der Waals surface area (Å²) in [6.45, 7) is 3.49. The van der Waals surface area contributed by atoms with E-state index in [4.69, 9.17) is 4.74 Å². The van der Waals surface area contributed by atoms with E-state index in [9.17, 15) is 5.11 Å². The first-order valence-corrected chi connectivity index (χ1v) is 6.71. The first kappa shape index (κ1) is 14.5. The van der Waals surface area contributed by atoms with E-state index in [-0.39, 0.29) is 6.61 Å². The average Bonchev–Trinajstić information content (AvgIpc) is 2.48. The van der Waals surface area contributed by atoms with Crippen LogP contribution in [-0.4, -0.2) is 29.3 Å². The minimum atomic E-state index is -0.534. The molecule has 4 nitrogen and oxygen atoms in total. The van der Waals surface area contributed by atoms with Crippen LogP contribution in [0.1, 0.15) is 11.1 Å². The number of nitrogens with zero attached hydrogens (tertiary/aromatic N) is 1. The molecule has 0 saturated carbocycles. The van der Waals surface area contributed by atoms with E-state index in [0.29, 0.717) is 13.1 Å². The predicted molar refractivity (Wildman–Crippen MR) is 78.6 cm³/mol. The first-order valence-electron chi connectivity index (χ1n) is 6.71. The average molecular weight is 272 g/mol. The molecule has 0 fully saturated rings. The van der Waals surface area contributed by atoms with Crippen molar-refractivity contribution in [2.45, 2.75) is 19.6 Å². The van der Waals surface area contributed by atoms with Gasteiger partial charge in [0.15, 0.2) is 0 Å². The van der Waals surface area contributed by atoms with Gasteiger partial charge in [-0.25, -0.2) is 0 Å². The number of pyridine rings is 1. The van der Waals surface area contributed by atoms with Gasteiger partial charge in [-0.3, -0.25) is 4.98 Å².